The lowest BCUT2D eigenvalue weighted by atomic mass is 10.1. The first-order chi connectivity index (χ1) is 7.19. The Morgan fingerprint density at radius 1 is 1.20 bits per heavy atom. The summed E-state index contributed by atoms with van der Waals surface area (Å²) in [6.45, 7) is 4.10. The van der Waals surface area contributed by atoms with E-state index >= 15 is 0 Å². The van der Waals surface area contributed by atoms with E-state index in [2.05, 4.69) is 23.2 Å². The maximum Gasteiger partial charge on any atom is 0.170 e. The number of nitrogens with zero attached hydrogens (tertiary/aromatic N) is 2. The highest BCUT2D eigenvalue weighted by Crippen LogP contribution is 2.13. The van der Waals surface area contributed by atoms with Crippen LogP contribution in [0.15, 0.2) is 30.7 Å². The predicted molar refractivity (Wildman–Crippen MR) is 58.4 cm³/mol. The molecule has 0 N–H and O–H groups in total. The molecular weight excluding hydrogens is 188 g/mol. The second kappa shape index (κ2) is 3.69. The smallest absolute Gasteiger partial charge is 0.170 e. The zero-order valence-corrected chi connectivity index (χ0v) is 8.77. The van der Waals surface area contributed by atoms with Crippen molar-refractivity contribution >= 4 is 6.29 Å². The van der Waals surface area contributed by atoms with E-state index in [1.54, 1.807) is 12.5 Å². The largest absolute Gasteiger partial charge is 0.306 e. The SMILES string of the molecule is Cc1cc(C)cc(-n2cnc(C=O)c2)c1. The van der Waals surface area contributed by atoms with Gasteiger partial charge in [-0.2, -0.15) is 0 Å². The van der Waals surface area contributed by atoms with Crippen LogP contribution in [0.25, 0.3) is 5.69 Å². The maximum absolute atomic E-state index is 10.5. The van der Waals surface area contributed by atoms with Crippen LogP contribution >= 0.6 is 0 Å². The average molecular weight is 200 g/mol. The molecule has 3 heteroatoms. The number of carbonyl (C=O) groups is 1. The summed E-state index contributed by atoms with van der Waals surface area (Å²) in [4.78, 5) is 14.5. The molecule has 0 aliphatic heterocycles. The van der Waals surface area contributed by atoms with Crippen molar-refractivity contribution in [2.75, 3.05) is 0 Å². The van der Waals surface area contributed by atoms with Crippen LogP contribution < -0.4 is 0 Å². The van der Waals surface area contributed by atoms with Crippen LogP contribution in [0, 0.1) is 13.8 Å². The van der Waals surface area contributed by atoms with E-state index in [9.17, 15) is 4.79 Å². The first-order valence-corrected chi connectivity index (χ1v) is 4.77. The van der Waals surface area contributed by atoms with Gasteiger partial charge in [-0.1, -0.05) is 6.07 Å². The molecule has 0 spiro atoms. The highest BCUT2D eigenvalue weighted by atomic mass is 16.1. The molecule has 2 rings (SSSR count). The number of hydrogen-bond donors (Lipinski definition) is 0. The van der Waals surface area contributed by atoms with Crippen molar-refractivity contribution < 1.29 is 4.79 Å². The predicted octanol–water partition coefficient (Wildman–Crippen LogP) is 2.30. The molecule has 0 aliphatic carbocycles. The molecule has 0 unspecified atom stereocenters. The summed E-state index contributed by atoms with van der Waals surface area (Å²) in [7, 11) is 0. The Morgan fingerprint density at radius 2 is 1.87 bits per heavy atom. The van der Waals surface area contributed by atoms with Crippen molar-refractivity contribution in [1.82, 2.24) is 9.55 Å². The lowest BCUT2D eigenvalue weighted by Gasteiger charge is -2.04. The van der Waals surface area contributed by atoms with Crippen molar-refractivity contribution in [3.05, 3.63) is 47.5 Å². The Bertz CT molecular complexity index is 480. The minimum atomic E-state index is 0.453. The average Bonchev–Trinajstić information content (AvgIpc) is 2.64. The van der Waals surface area contributed by atoms with Crippen molar-refractivity contribution in [2.24, 2.45) is 0 Å². The van der Waals surface area contributed by atoms with E-state index in [4.69, 9.17) is 0 Å². The minimum absolute atomic E-state index is 0.453. The molecule has 0 fully saturated rings. The molecule has 0 aliphatic rings. The quantitative estimate of drug-likeness (QED) is 0.697. The van der Waals surface area contributed by atoms with Gasteiger partial charge in [-0.25, -0.2) is 4.98 Å². The monoisotopic (exact) mass is 200 g/mol. The van der Waals surface area contributed by atoms with Crippen LogP contribution in [0.1, 0.15) is 21.6 Å². The molecule has 15 heavy (non-hydrogen) atoms. The molecule has 1 heterocycles. The molecule has 0 saturated carbocycles. The summed E-state index contributed by atoms with van der Waals surface area (Å²) in [6.07, 6.45) is 4.12. The zero-order valence-electron chi connectivity index (χ0n) is 8.77. The van der Waals surface area contributed by atoms with E-state index in [1.165, 1.54) is 11.1 Å². The normalized spacial score (nSPS) is 10.3. The fourth-order valence-electron chi connectivity index (χ4n) is 1.64. The highest BCUT2D eigenvalue weighted by molar-refractivity contribution is 5.71. The summed E-state index contributed by atoms with van der Waals surface area (Å²) in [5.41, 5.74) is 3.89. The van der Waals surface area contributed by atoms with Gasteiger partial charge < -0.3 is 4.57 Å². The first-order valence-electron chi connectivity index (χ1n) is 4.77. The number of hydrogen-bond acceptors (Lipinski definition) is 2. The molecule has 1 aromatic carbocycles. The Kier molecular flexibility index (Phi) is 2.37. The Balaban J connectivity index is 2.48. The Labute approximate surface area is 88.4 Å². The van der Waals surface area contributed by atoms with Gasteiger partial charge in [0.15, 0.2) is 6.29 Å². The number of benzene rings is 1. The van der Waals surface area contributed by atoms with Crippen LogP contribution in [-0.2, 0) is 0 Å². The van der Waals surface area contributed by atoms with E-state index < -0.39 is 0 Å². The second-order valence-corrected chi connectivity index (χ2v) is 3.67. The number of imidazole rings is 1. The summed E-state index contributed by atoms with van der Waals surface area (Å²) >= 11 is 0. The first kappa shape index (κ1) is 9.65. The van der Waals surface area contributed by atoms with Crippen molar-refractivity contribution in [2.45, 2.75) is 13.8 Å². The third-order valence-electron chi connectivity index (χ3n) is 2.23. The fourth-order valence-corrected chi connectivity index (χ4v) is 1.64. The van der Waals surface area contributed by atoms with E-state index in [-0.39, 0.29) is 0 Å². The molecule has 0 atom stereocenters. The van der Waals surface area contributed by atoms with Gasteiger partial charge in [0.25, 0.3) is 0 Å². The number of rotatable bonds is 2. The van der Waals surface area contributed by atoms with E-state index in [1.807, 2.05) is 18.4 Å². The lowest BCUT2D eigenvalue weighted by Crippen LogP contribution is -1.91. The van der Waals surface area contributed by atoms with Gasteiger partial charge in [-0.05, 0) is 37.1 Å². The third kappa shape index (κ3) is 1.96. The summed E-state index contributed by atoms with van der Waals surface area (Å²) in [6, 6.07) is 6.23. The van der Waals surface area contributed by atoms with Gasteiger partial charge in [0.05, 0.1) is 0 Å². The highest BCUT2D eigenvalue weighted by Gasteiger charge is 2.00. The van der Waals surface area contributed by atoms with Crippen LogP contribution in [0.5, 0.6) is 0 Å². The van der Waals surface area contributed by atoms with Crippen molar-refractivity contribution in [3.8, 4) is 5.69 Å². The van der Waals surface area contributed by atoms with Crippen LogP contribution in [0.2, 0.25) is 0 Å². The third-order valence-corrected chi connectivity index (χ3v) is 2.23. The summed E-state index contributed by atoms with van der Waals surface area (Å²) in [5, 5.41) is 0. The van der Waals surface area contributed by atoms with E-state index in [0.717, 1.165) is 12.0 Å². The Hall–Kier alpha value is -1.90. The number of aromatic nitrogens is 2. The molecule has 76 valence electrons. The van der Waals surface area contributed by atoms with Gasteiger partial charge >= 0.3 is 0 Å². The van der Waals surface area contributed by atoms with Gasteiger partial charge in [0.1, 0.15) is 12.0 Å². The van der Waals surface area contributed by atoms with Crippen LogP contribution in [0.3, 0.4) is 0 Å². The summed E-state index contributed by atoms with van der Waals surface area (Å²) in [5.74, 6) is 0. The zero-order chi connectivity index (χ0) is 10.8. The maximum atomic E-state index is 10.5. The molecular formula is C12H12N2O. The minimum Gasteiger partial charge on any atom is -0.306 e. The van der Waals surface area contributed by atoms with Crippen LogP contribution in [0.4, 0.5) is 0 Å². The molecule has 0 bridgehead atoms. The van der Waals surface area contributed by atoms with Gasteiger partial charge in [-0.15, -0.1) is 0 Å². The lowest BCUT2D eigenvalue weighted by molar-refractivity contribution is 0.111. The molecule has 3 nitrogen and oxygen atoms in total. The topological polar surface area (TPSA) is 34.9 Å². The number of carbonyl (C=O) groups excluding carboxylic acids is 1. The fraction of sp³-hybridized carbons (Fsp3) is 0.167. The number of aldehydes is 1. The molecule has 0 radical (unpaired) electrons. The van der Waals surface area contributed by atoms with Gasteiger partial charge in [-0.3, -0.25) is 4.79 Å². The number of aryl methyl sites for hydroxylation is 2. The van der Waals surface area contributed by atoms with Crippen molar-refractivity contribution in [3.63, 3.8) is 0 Å². The molecule has 1 aromatic heterocycles. The molecule has 2 aromatic rings. The van der Waals surface area contributed by atoms with Gasteiger partial charge in [0, 0.05) is 11.9 Å². The second-order valence-electron chi connectivity index (χ2n) is 3.67. The Morgan fingerprint density at radius 3 is 2.40 bits per heavy atom. The van der Waals surface area contributed by atoms with E-state index in [0.29, 0.717) is 5.69 Å². The molecule has 0 amide bonds. The van der Waals surface area contributed by atoms with Gasteiger partial charge in [0.2, 0.25) is 0 Å². The standard InChI is InChI=1S/C12H12N2O/c1-9-3-10(2)5-12(4-9)14-6-11(7-15)13-8-14/h3-8H,1-2H3. The summed E-state index contributed by atoms with van der Waals surface area (Å²) < 4.78 is 1.85. The van der Waals surface area contributed by atoms with Crippen LogP contribution in [-0.4, -0.2) is 15.8 Å². The van der Waals surface area contributed by atoms with Crippen molar-refractivity contribution in [1.29, 1.82) is 0 Å². The molecule has 0 saturated heterocycles.